The highest BCUT2D eigenvalue weighted by molar-refractivity contribution is 6.10. The molecule has 0 fully saturated rings. The monoisotopic (exact) mass is 282 g/mol. The first-order valence-corrected chi connectivity index (χ1v) is 5.53. The average molecular weight is 282 g/mol. The van der Waals surface area contributed by atoms with Crippen molar-refractivity contribution >= 4 is 5.78 Å². The Morgan fingerprint density at radius 1 is 0.950 bits per heavy atom. The maximum atomic E-state index is 12.7. The van der Waals surface area contributed by atoms with Crippen molar-refractivity contribution in [2.75, 3.05) is 0 Å². The zero-order valence-corrected chi connectivity index (χ0v) is 9.98. The molecule has 0 aliphatic heterocycles. The molecule has 0 aliphatic rings. The van der Waals surface area contributed by atoms with Crippen LogP contribution in [0, 0.1) is 0 Å². The van der Waals surface area contributed by atoms with Gasteiger partial charge in [-0.05, 0) is 30.3 Å². The summed E-state index contributed by atoms with van der Waals surface area (Å²) >= 11 is 0. The summed E-state index contributed by atoms with van der Waals surface area (Å²) < 4.78 is 38.0. The van der Waals surface area contributed by atoms with E-state index >= 15 is 0 Å². The van der Waals surface area contributed by atoms with Crippen molar-refractivity contribution in [2.45, 2.75) is 6.18 Å². The summed E-state index contributed by atoms with van der Waals surface area (Å²) in [5.41, 5.74) is -1.67. The van der Waals surface area contributed by atoms with Gasteiger partial charge in [-0.3, -0.25) is 4.79 Å². The molecule has 2 N–H and O–H groups in total. The van der Waals surface area contributed by atoms with Crippen molar-refractivity contribution in [1.29, 1.82) is 0 Å². The second kappa shape index (κ2) is 4.88. The molecule has 0 amide bonds. The minimum absolute atomic E-state index is 0.105. The van der Waals surface area contributed by atoms with Gasteiger partial charge in [-0.2, -0.15) is 13.2 Å². The van der Waals surface area contributed by atoms with E-state index in [9.17, 15) is 28.2 Å². The molecule has 0 spiro atoms. The Morgan fingerprint density at radius 3 is 2.20 bits per heavy atom. The molecule has 2 aromatic carbocycles. The van der Waals surface area contributed by atoms with E-state index in [0.717, 1.165) is 12.1 Å². The van der Waals surface area contributed by atoms with Crippen LogP contribution in [0.3, 0.4) is 0 Å². The molecule has 0 aliphatic carbocycles. The lowest BCUT2D eigenvalue weighted by molar-refractivity contribution is -0.138. The molecular weight excluding hydrogens is 273 g/mol. The van der Waals surface area contributed by atoms with Crippen LogP contribution < -0.4 is 0 Å². The van der Waals surface area contributed by atoms with E-state index < -0.39 is 23.3 Å². The molecule has 104 valence electrons. The van der Waals surface area contributed by atoms with Crippen molar-refractivity contribution < 1.29 is 28.2 Å². The van der Waals surface area contributed by atoms with E-state index in [1.807, 2.05) is 0 Å². The molecule has 3 nitrogen and oxygen atoms in total. The number of phenolic OH excluding ortho intramolecular Hbond substituents is 2. The second-order valence-corrected chi connectivity index (χ2v) is 4.08. The zero-order valence-electron chi connectivity index (χ0n) is 9.98. The van der Waals surface area contributed by atoms with Crippen LogP contribution in [0.15, 0.2) is 42.5 Å². The van der Waals surface area contributed by atoms with Gasteiger partial charge in [0.1, 0.15) is 11.5 Å². The summed E-state index contributed by atoms with van der Waals surface area (Å²) in [6.07, 6.45) is -4.76. The molecule has 0 bridgehead atoms. The number of hydrogen-bond acceptors (Lipinski definition) is 3. The fraction of sp³-hybridized carbons (Fsp3) is 0.0714. The SMILES string of the molecule is O=C(c1ccc(O)c(C(F)(F)F)c1)c1ccccc1O. The minimum atomic E-state index is -4.76. The first-order chi connectivity index (χ1) is 9.30. The molecule has 0 heterocycles. The number of halogens is 3. The third-order valence-corrected chi connectivity index (χ3v) is 2.71. The topological polar surface area (TPSA) is 57.5 Å². The number of rotatable bonds is 2. The van der Waals surface area contributed by atoms with E-state index in [1.54, 1.807) is 0 Å². The van der Waals surface area contributed by atoms with Crippen LogP contribution in [-0.4, -0.2) is 16.0 Å². The van der Waals surface area contributed by atoms with Gasteiger partial charge in [-0.1, -0.05) is 12.1 Å². The number of hydrogen-bond donors (Lipinski definition) is 2. The molecule has 20 heavy (non-hydrogen) atoms. The van der Waals surface area contributed by atoms with Crippen LogP contribution >= 0.6 is 0 Å². The largest absolute Gasteiger partial charge is 0.507 e. The summed E-state index contributed by atoms with van der Waals surface area (Å²) in [5.74, 6) is -2.03. The Kier molecular flexibility index (Phi) is 3.40. The highest BCUT2D eigenvalue weighted by Crippen LogP contribution is 2.36. The number of carbonyl (C=O) groups is 1. The van der Waals surface area contributed by atoms with Crippen molar-refractivity contribution in [1.82, 2.24) is 0 Å². The predicted molar refractivity (Wildman–Crippen MR) is 64.6 cm³/mol. The van der Waals surface area contributed by atoms with Gasteiger partial charge in [0, 0.05) is 5.56 Å². The molecule has 0 saturated heterocycles. The quantitative estimate of drug-likeness (QED) is 0.830. The van der Waals surface area contributed by atoms with E-state index in [0.29, 0.717) is 6.07 Å². The fourth-order valence-corrected chi connectivity index (χ4v) is 1.73. The van der Waals surface area contributed by atoms with E-state index in [4.69, 9.17) is 0 Å². The summed E-state index contributed by atoms with van der Waals surface area (Å²) in [4.78, 5) is 12.0. The number of para-hydroxylation sites is 1. The van der Waals surface area contributed by atoms with Gasteiger partial charge in [0.15, 0.2) is 5.78 Å². The predicted octanol–water partition coefficient (Wildman–Crippen LogP) is 3.35. The molecule has 6 heteroatoms. The smallest absolute Gasteiger partial charge is 0.419 e. The lowest BCUT2D eigenvalue weighted by Gasteiger charge is -2.10. The molecule has 0 unspecified atom stereocenters. The molecular formula is C14H9F3O3. The van der Waals surface area contributed by atoms with Crippen LogP contribution in [0.1, 0.15) is 21.5 Å². The average Bonchev–Trinajstić information content (AvgIpc) is 2.37. The summed E-state index contributed by atoms with van der Waals surface area (Å²) in [6.45, 7) is 0. The number of benzene rings is 2. The van der Waals surface area contributed by atoms with Crippen LogP contribution in [0.5, 0.6) is 11.5 Å². The van der Waals surface area contributed by atoms with Gasteiger partial charge in [0.05, 0.1) is 11.1 Å². The number of aromatic hydroxyl groups is 2. The zero-order chi connectivity index (χ0) is 14.9. The van der Waals surface area contributed by atoms with Crippen LogP contribution in [0.4, 0.5) is 13.2 Å². The van der Waals surface area contributed by atoms with Crippen LogP contribution in [-0.2, 0) is 6.18 Å². The molecule has 2 aromatic rings. The fourth-order valence-electron chi connectivity index (χ4n) is 1.73. The minimum Gasteiger partial charge on any atom is -0.507 e. The summed E-state index contributed by atoms with van der Waals surface area (Å²) in [5, 5.41) is 18.7. The van der Waals surface area contributed by atoms with Gasteiger partial charge >= 0.3 is 6.18 Å². The maximum Gasteiger partial charge on any atom is 0.419 e. The lowest BCUT2D eigenvalue weighted by Crippen LogP contribution is -2.08. The van der Waals surface area contributed by atoms with E-state index in [2.05, 4.69) is 0 Å². The maximum absolute atomic E-state index is 12.7. The Hall–Kier alpha value is -2.50. The van der Waals surface area contributed by atoms with Gasteiger partial charge in [0.25, 0.3) is 0 Å². The number of ketones is 1. The standard InChI is InChI=1S/C14H9F3O3/c15-14(16,17)10-7-8(5-6-12(10)19)13(20)9-3-1-2-4-11(9)18/h1-7,18-19H. The van der Waals surface area contributed by atoms with Gasteiger partial charge < -0.3 is 10.2 Å². The van der Waals surface area contributed by atoms with Crippen LogP contribution in [0.25, 0.3) is 0 Å². The lowest BCUT2D eigenvalue weighted by atomic mass is 10.00. The summed E-state index contributed by atoms with van der Waals surface area (Å²) in [6, 6.07) is 7.97. The Labute approximate surface area is 111 Å². The Balaban J connectivity index is 2.50. The Bertz CT molecular complexity index is 663. The second-order valence-electron chi connectivity index (χ2n) is 4.08. The van der Waals surface area contributed by atoms with Gasteiger partial charge in [0.2, 0.25) is 0 Å². The molecule has 2 rings (SSSR count). The van der Waals surface area contributed by atoms with Crippen molar-refractivity contribution in [3.05, 3.63) is 59.2 Å². The van der Waals surface area contributed by atoms with Crippen molar-refractivity contribution in [3.8, 4) is 11.5 Å². The third kappa shape index (κ3) is 2.59. The summed E-state index contributed by atoms with van der Waals surface area (Å²) in [7, 11) is 0. The number of carbonyl (C=O) groups excluding carboxylic acids is 1. The van der Waals surface area contributed by atoms with Crippen molar-refractivity contribution in [3.63, 3.8) is 0 Å². The number of alkyl halides is 3. The molecule has 0 saturated carbocycles. The highest BCUT2D eigenvalue weighted by atomic mass is 19.4. The van der Waals surface area contributed by atoms with E-state index in [-0.39, 0.29) is 16.9 Å². The van der Waals surface area contributed by atoms with Gasteiger partial charge in [-0.25, -0.2) is 0 Å². The molecule has 0 atom stereocenters. The first kappa shape index (κ1) is 13.9. The first-order valence-electron chi connectivity index (χ1n) is 5.53. The molecule has 0 aromatic heterocycles. The Morgan fingerprint density at radius 2 is 1.60 bits per heavy atom. The van der Waals surface area contributed by atoms with Crippen molar-refractivity contribution in [2.24, 2.45) is 0 Å². The third-order valence-electron chi connectivity index (χ3n) is 2.71. The number of phenols is 2. The molecule has 0 radical (unpaired) electrons. The van der Waals surface area contributed by atoms with Crippen LogP contribution in [0.2, 0.25) is 0 Å². The van der Waals surface area contributed by atoms with E-state index in [1.165, 1.54) is 24.3 Å². The normalized spacial score (nSPS) is 11.3. The highest BCUT2D eigenvalue weighted by Gasteiger charge is 2.34. The van der Waals surface area contributed by atoms with Gasteiger partial charge in [-0.15, -0.1) is 0 Å².